The number of piperidine rings is 1. The molecule has 1 aliphatic rings. The zero-order valence-corrected chi connectivity index (χ0v) is 16.1. The molecule has 1 aromatic rings. The molecule has 138 valence electrons. The summed E-state index contributed by atoms with van der Waals surface area (Å²) in [6.07, 6.45) is 1.79. The number of benzene rings is 1. The lowest BCUT2D eigenvalue weighted by Crippen LogP contribution is -2.47. The van der Waals surface area contributed by atoms with E-state index >= 15 is 0 Å². The minimum absolute atomic E-state index is 0. The van der Waals surface area contributed by atoms with Gasteiger partial charge in [-0.3, -0.25) is 0 Å². The van der Waals surface area contributed by atoms with Crippen molar-refractivity contribution in [2.45, 2.75) is 24.7 Å². The van der Waals surface area contributed by atoms with Crippen LogP contribution in [0.2, 0.25) is 0 Å². The number of sulfonamides is 1. The number of methoxy groups -OCH3 is 2. The van der Waals surface area contributed by atoms with Gasteiger partial charge in [-0.15, -0.1) is 12.4 Å². The van der Waals surface area contributed by atoms with E-state index in [0.29, 0.717) is 18.9 Å². The first kappa shape index (κ1) is 21.2. The van der Waals surface area contributed by atoms with Gasteiger partial charge in [0.05, 0.1) is 18.6 Å². The summed E-state index contributed by atoms with van der Waals surface area (Å²) in [6.45, 7) is 4.53. The maximum atomic E-state index is 12.6. The van der Waals surface area contributed by atoms with E-state index in [1.807, 2.05) is 6.92 Å². The molecule has 8 heteroatoms. The molecular formula is C16H27ClN2O4S. The van der Waals surface area contributed by atoms with E-state index in [4.69, 9.17) is 9.47 Å². The van der Waals surface area contributed by atoms with E-state index in [0.717, 1.165) is 31.5 Å². The summed E-state index contributed by atoms with van der Waals surface area (Å²) in [5.41, 5.74) is 0.651. The van der Waals surface area contributed by atoms with Gasteiger partial charge in [0.1, 0.15) is 5.75 Å². The smallest absolute Gasteiger partial charge is 0.240 e. The van der Waals surface area contributed by atoms with Crippen LogP contribution in [-0.4, -0.2) is 48.9 Å². The van der Waals surface area contributed by atoms with E-state index in [-0.39, 0.29) is 22.7 Å². The van der Waals surface area contributed by atoms with Crippen molar-refractivity contribution < 1.29 is 17.9 Å². The van der Waals surface area contributed by atoms with E-state index in [9.17, 15) is 8.42 Å². The Morgan fingerprint density at radius 1 is 1.25 bits per heavy atom. The van der Waals surface area contributed by atoms with Gasteiger partial charge in [-0.2, -0.15) is 0 Å². The van der Waals surface area contributed by atoms with Crippen LogP contribution >= 0.6 is 12.4 Å². The first-order valence-corrected chi connectivity index (χ1v) is 9.25. The molecule has 0 bridgehead atoms. The van der Waals surface area contributed by atoms with E-state index in [1.165, 1.54) is 0 Å². The van der Waals surface area contributed by atoms with Gasteiger partial charge in [-0.1, -0.05) is 0 Å². The average Bonchev–Trinajstić information content (AvgIpc) is 2.54. The summed E-state index contributed by atoms with van der Waals surface area (Å²) >= 11 is 0. The van der Waals surface area contributed by atoms with Crippen molar-refractivity contribution in [1.82, 2.24) is 10.0 Å². The fourth-order valence-corrected chi connectivity index (χ4v) is 4.23. The summed E-state index contributed by atoms with van der Waals surface area (Å²) in [5.74, 6) is 0.679. The second kappa shape index (κ2) is 9.01. The molecule has 0 unspecified atom stereocenters. The molecule has 0 atom stereocenters. The molecule has 2 rings (SSSR count). The number of halogens is 1. The second-order valence-corrected chi connectivity index (χ2v) is 7.91. The van der Waals surface area contributed by atoms with Crippen molar-refractivity contribution in [3.8, 4) is 5.75 Å². The lowest BCUT2D eigenvalue weighted by molar-refractivity contribution is 0.0577. The van der Waals surface area contributed by atoms with Crippen LogP contribution in [0.25, 0.3) is 0 Å². The Morgan fingerprint density at radius 2 is 1.92 bits per heavy atom. The third-order valence-electron chi connectivity index (χ3n) is 4.43. The Kier molecular flexibility index (Phi) is 7.95. The number of nitrogens with one attached hydrogen (secondary N) is 2. The third kappa shape index (κ3) is 5.07. The molecule has 1 aromatic carbocycles. The minimum atomic E-state index is -3.55. The van der Waals surface area contributed by atoms with Crippen molar-refractivity contribution >= 4 is 22.4 Å². The Balaban J connectivity index is 0.00000288. The highest BCUT2D eigenvalue weighted by Gasteiger charge is 2.33. The molecule has 1 saturated heterocycles. The number of hydrogen-bond donors (Lipinski definition) is 2. The van der Waals surface area contributed by atoms with Gasteiger partial charge >= 0.3 is 0 Å². The monoisotopic (exact) mass is 378 g/mol. The highest BCUT2D eigenvalue weighted by Crippen LogP contribution is 2.29. The third-order valence-corrected chi connectivity index (χ3v) is 5.83. The van der Waals surface area contributed by atoms with Gasteiger partial charge in [0.15, 0.2) is 0 Å². The lowest BCUT2D eigenvalue weighted by Gasteiger charge is -2.37. The Morgan fingerprint density at radius 3 is 2.46 bits per heavy atom. The molecule has 1 aliphatic heterocycles. The van der Waals surface area contributed by atoms with Crippen LogP contribution in [-0.2, 0) is 14.8 Å². The number of ether oxygens (including phenoxy) is 2. The van der Waals surface area contributed by atoms with Gasteiger partial charge in [-0.05, 0) is 56.6 Å². The van der Waals surface area contributed by atoms with Crippen LogP contribution in [0.3, 0.4) is 0 Å². The number of aryl methyl sites for hydroxylation is 1. The molecule has 6 nitrogen and oxygen atoms in total. The van der Waals surface area contributed by atoms with Gasteiger partial charge in [0, 0.05) is 19.1 Å². The molecule has 0 radical (unpaired) electrons. The molecule has 24 heavy (non-hydrogen) atoms. The minimum Gasteiger partial charge on any atom is -0.496 e. The van der Waals surface area contributed by atoms with Crippen molar-refractivity contribution in [3.05, 3.63) is 23.8 Å². The first-order valence-electron chi connectivity index (χ1n) is 7.76. The van der Waals surface area contributed by atoms with Crippen molar-refractivity contribution in [3.63, 3.8) is 0 Å². The van der Waals surface area contributed by atoms with Crippen molar-refractivity contribution in [2.24, 2.45) is 5.41 Å². The summed E-state index contributed by atoms with van der Waals surface area (Å²) in [6, 6.07) is 4.88. The average molecular weight is 379 g/mol. The van der Waals surface area contributed by atoms with Crippen molar-refractivity contribution in [1.29, 1.82) is 0 Å². The maximum Gasteiger partial charge on any atom is 0.240 e. The first-order chi connectivity index (χ1) is 10.9. The van der Waals surface area contributed by atoms with Gasteiger partial charge in [0.2, 0.25) is 10.0 Å². The van der Waals surface area contributed by atoms with Crippen LogP contribution in [0.15, 0.2) is 23.1 Å². The number of hydrogen-bond acceptors (Lipinski definition) is 5. The molecule has 0 aromatic heterocycles. The number of rotatable bonds is 7. The Hall–Kier alpha value is -0.860. The van der Waals surface area contributed by atoms with Gasteiger partial charge < -0.3 is 14.8 Å². The highest BCUT2D eigenvalue weighted by molar-refractivity contribution is 7.89. The fourth-order valence-electron chi connectivity index (χ4n) is 2.98. The standard InChI is InChI=1S/C16H26N2O4S.ClH/c1-13-10-14(4-5-15(13)22-3)23(19,20)18-11-16(12-21-2)6-8-17-9-7-16;/h4-5,10,17-18H,6-9,11-12H2,1-3H3;1H. The molecule has 0 spiro atoms. The van der Waals surface area contributed by atoms with E-state index in [1.54, 1.807) is 32.4 Å². The van der Waals surface area contributed by atoms with E-state index < -0.39 is 10.0 Å². The van der Waals surface area contributed by atoms with Crippen molar-refractivity contribution in [2.75, 3.05) is 40.5 Å². The molecule has 0 aliphatic carbocycles. The largest absolute Gasteiger partial charge is 0.496 e. The van der Waals surface area contributed by atoms with E-state index in [2.05, 4.69) is 10.0 Å². The summed E-state index contributed by atoms with van der Waals surface area (Å²) in [5, 5.41) is 3.30. The van der Waals surface area contributed by atoms with Crippen LogP contribution in [0.5, 0.6) is 5.75 Å². The lowest BCUT2D eigenvalue weighted by atomic mass is 9.80. The summed E-state index contributed by atoms with van der Waals surface area (Å²) in [4.78, 5) is 0.261. The quantitative estimate of drug-likeness (QED) is 0.755. The zero-order chi connectivity index (χ0) is 16.9. The normalized spacial score (nSPS) is 17.1. The predicted octanol–water partition coefficient (Wildman–Crippen LogP) is 1.72. The maximum absolute atomic E-state index is 12.6. The predicted molar refractivity (Wildman–Crippen MR) is 96.6 cm³/mol. The fraction of sp³-hybridized carbons (Fsp3) is 0.625. The SMILES string of the molecule is COCC1(CNS(=O)(=O)c2ccc(OC)c(C)c2)CCNCC1.Cl. The highest BCUT2D eigenvalue weighted by atomic mass is 35.5. The Labute approximate surface area is 150 Å². The van der Waals surface area contributed by atoms with Crippen LogP contribution in [0.4, 0.5) is 0 Å². The Bertz CT molecular complexity index is 625. The molecule has 1 heterocycles. The molecule has 1 fully saturated rings. The van der Waals surface area contributed by atoms with Crippen LogP contribution in [0, 0.1) is 12.3 Å². The van der Waals surface area contributed by atoms with Gasteiger partial charge in [-0.25, -0.2) is 13.1 Å². The van der Waals surface area contributed by atoms with Crippen LogP contribution < -0.4 is 14.8 Å². The second-order valence-electron chi connectivity index (χ2n) is 6.14. The van der Waals surface area contributed by atoms with Crippen LogP contribution in [0.1, 0.15) is 18.4 Å². The summed E-state index contributed by atoms with van der Waals surface area (Å²) in [7, 11) is -0.317. The molecule has 2 N–H and O–H groups in total. The summed E-state index contributed by atoms with van der Waals surface area (Å²) < 4.78 is 38.4. The molecule has 0 saturated carbocycles. The molecular weight excluding hydrogens is 352 g/mol. The zero-order valence-electron chi connectivity index (χ0n) is 14.4. The van der Waals surface area contributed by atoms with Gasteiger partial charge in [0.25, 0.3) is 0 Å². The molecule has 0 amide bonds. The topological polar surface area (TPSA) is 76.7 Å².